The highest BCUT2D eigenvalue weighted by Crippen LogP contribution is 2.30. The molecule has 0 spiro atoms. The molecule has 0 aromatic heterocycles. The summed E-state index contributed by atoms with van der Waals surface area (Å²) < 4.78 is 6.04. The summed E-state index contributed by atoms with van der Waals surface area (Å²) in [5.74, 6) is -0.214. The predicted octanol–water partition coefficient (Wildman–Crippen LogP) is 2.93. The second-order valence-electron chi connectivity index (χ2n) is 5.76. The number of carbonyl (C=O) groups is 2. The zero-order valence-electron chi connectivity index (χ0n) is 13.4. The molecule has 2 N–H and O–H groups in total. The number of ether oxygens (including phenoxy) is 1. The van der Waals surface area contributed by atoms with Crippen molar-refractivity contribution in [2.75, 3.05) is 16.5 Å². The summed E-state index contributed by atoms with van der Waals surface area (Å²) in [7, 11) is 0. The number of hydrogen-bond acceptors (Lipinski definition) is 4. The lowest BCUT2D eigenvalue weighted by atomic mass is 9.86. The van der Waals surface area contributed by atoms with Gasteiger partial charge < -0.3 is 10.1 Å². The van der Waals surface area contributed by atoms with Crippen LogP contribution in [0, 0.1) is 0 Å². The van der Waals surface area contributed by atoms with E-state index in [2.05, 4.69) is 60.7 Å². The Balaban J connectivity index is 2.78. The third-order valence-electron chi connectivity index (χ3n) is 2.84. The smallest absolute Gasteiger partial charge is 0.266 e. The molecule has 0 radical (unpaired) electrons. The van der Waals surface area contributed by atoms with E-state index >= 15 is 0 Å². The van der Waals surface area contributed by atoms with Crippen LogP contribution in [0.1, 0.15) is 26.3 Å². The Kier molecular flexibility index (Phi) is 7.50. The molecule has 2 amide bonds. The van der Waals surface area contributed by atoms with Crippen LogP contribution in [0.5, 0.6) is 5.75 Å². The van der Waals surface area contributed by atoms with Gasteiger partial charge in [-0.05, 0) is 51.8 Å². The molecule has 23 heavy (non-hydrogen) atoms. The number of benzene rings is 1. The van der Waals surface area contributed by atoms with Gasteiger partial charge >= 0.3 is 0 Å². The molecule has 0 atom stereocenters. The molecule has 126 valence electrons. The molecule has 0 saturated carbocycles. The number of nitrogens with one attached hydrogen (secondary N) is 2. The average Bonchev–Trinajstić information content (AvgIpc) is 2.46. The molecule has 6 nitrogen and oxygen atoms in total. The van der Waals surface area contributed by atoms with Crippen LogP contribution in [-0.2, 0) is 19.8 Å². The summed E-state index contributed by atoms with van der Waals surface area (Å²) in [5, 5.41) is 2.72. The van der Waals surface area contributed by atoms with Crippen molar-refractivity contribution in [1.29, 1.82) is 0 Å². The fourth-order valence-corrected chi connectivity index (χ4v) is 2.02. The van der Waals surface area contributed by atoms with Gasteiger partial charge in [0.05, 0.1) is 0 Å². The van der Waals surface area contributed by atoms with Crippen LogP contribution in [0.2, 0.25) is 0 Å². The van der Waals surface area contributed by atoms with Crippen molar-refractivity contribution >= 4 is 40.1 Å². The van der Waals surface area contributed by atoms with Crippen LogP contribution >= 0.6 is 22.6 Å². The van der Waals surface area contributed by atoms with E-state index in [4.69, 9.17) is 9.57 Å². The highest BCUT2D eigenvalue weighted by atomic mass is 127. The molecule has 0 fully saturated rings. The summed E-state index contributed by atoms with van der Waals surface area (Å²) in [4.78, 5) is 27.6. The van der Waals surface area contributed by atoms with E-state index in [9.17, 15) is 9.59 Å². The normalized spacial score (nSPS) is 10.8. The molecule has 0 unspecified atom stereocenters. The second-order valence-corrected chi connectivity index (χ2v) is 6.38. The van der Waals surface area contributed by atoms with Crippen LogP contribution in [0.25, 0.3) is 0 Å². The van der Waals surface area contributed by atoms with Crippen molar-refractivity contribution in [3.63, 3.8) is 0 Å². The largest absolute Gasteiger partial charge is 0.483 e. The van der Waals surface area contributed by atoms with Gasteiger partial charge in [-0.2, -0.15) is 0 Å². The van der Waals surface area contributed by atoms with E-state index in [0.717, 1.165) is 11.6 Å². The van der Waals surface area contributed by atoms with Gasteiger partial charge in [0.1, 0.15) is 10.4 Å². The number of hydrogen-bond donors (Lipinski definition) is 2. The number of amides is 2. The minimum Gasteiger partial charge on any atom is -0.483 e. The summed E-state index contributed by atoms with van der Waals surface area (Å²) in [6.45, 7) is 9.21. The molecular formula is C16H21IN2O4. The summed E-state index contributed by atoms with van der Waals surface area (Å²) in [6, 6.07) is 5.59. The molecule has 7 heteroatoms. The van der Waals surface area contributed by atoms with Gasteiger partial charge in [-0.15, -0.1) is 0 Å². The van der Waals surface area contributed by atoms with Crippen molar-refractivity contribution in [2.45, 2.75) is 26.2 Å². The van der Waals surface area contributed by atoms with E-state index in [1.165, 1.54) is 0 Å². The van der Waals surface area contributed by atoms with Gasteiger partial charge in [0.25, 0.3) is 11.8 Å². The Hall–Kier alpha value is -1.61. The van der Waals surface area contributed by atoms with Gasteiger partial charge in [-0.3, -0.25) is 14.4 Å². The lowest BCUT2D eigenvalue weighted by Crippen LogP contribution is -2.27. The van der Waals surface area contributed by atoms with Crippen molar-refractivity contribution in [1.82, 2.24) is 5.48 Å². The zero-order chi connectivity index (χ0) is 17.5. The molecule has 1 aromatic carbocycles. The van der Waals surface area contributed by atoms with Crippen molar-refractivity contribution in [3.8, 4) is 5.75 Å². The Bertz CT molecular complexity index is 582. The van der Waals surface area contributed by atoms with Crippen LogP contribution in [0.15, 0.2) is 30.9 Å². The molecule has 1 aromatic rings. The number of hydroxylamine groups is 1. The number of rotatable bonds is 7. The minimum absolute atomic E-state index is 0.0848. The van der Waals surface area contributed by atoms with Gasteiger partial charge in [0.2, 0.25) is 0 Å². The Morgan fingerprint density at radius 1 is 1.30 bits per heavy atom. The number of halogens is 1. The summed E-state index contributed by atoms with van der Waals surface area (Å²) in [5.41, 5.74) is 3.64. The molecule has 0 saturated heterocycles. The monoisotopic (exact) mass is 432 g/mol. The predicted molar refractivity (Wildman–Crippen MR) is 97.6 cm³/mol. The SMILES string of the molecule is C=CC(=O)NOCC(=O)Nc1cc(OCI)cc(C(C)(C)C)c1. The van der Waals surface area contributed by atoms with Crippen molar-refractivity contribution < 1.29 is 19.2 Å². The van der Waals surface area contributed by atoms with Crippen LogP contribution in [0.4, 0.5) is 5.69 Å². The molecule has 0 aliphatic carbocycles. The first-order valence-electron chi connectivity index (χ1n) is 6.94. The van der Waals surface area contributed by atoms with E-state index in [-0.39, 0.29) is 17.9 Å². The van der Waals surface area contributed by atoms with Crippen molar-refractivity contribution in [3.05, 3.63) is 36.4 Å². The van der Waals surface area contributed by atoms with Gasteiger partial charge in [-0.25, -0.2) is 5.48 Å². The highest BCUT2D eigenvalue weighted by molar-refractivity contribution is 14.1. The fourth-order valence-electron chi connectivity index (χ4n) is 1.66. The van der Waals surface area contributed by atoms with Gasteiger partial charge in [0, 0.05) is 11.8 Å². The van der Waals surface area contributed by atoms with Gasteiger partial charge in [-0.1, -0.05) is 27.4 Å². The zero-order valence-corrected chi connectivity index (χ0v) is 15.6. The first-order chi connectivity index (χ1) is 10.8. The molecular weight excluding hydrogens is 411 g/mol. The number of anilines is 1. The Morgan fingerprint density at radius 2 is 2.00 bits per heavy atom. The first-order valence-corrected chi connectivity index (χ1v) is 8.47. The number of alkyl halides is 1. The molecule has 1 rings (SSSR count). The second kappa shape index (κ2) is 8.88. The Morgan fingerprint density at radius 3 is 2.57 bits per heavy atom. The standard InChI is InChI=1S/C16H21IN2O4/c1-5-14(20)19-23-9-15(21)18-12-6-11(16(2,3)4)7-13(8-12)22-10-17/h5-8H,1,9-10H2,2-4H3,(H,18,21)(H,19,20). The van der Waals surface area contributed by atoms with E-state index in [1.54, 1.807) is 6.07 Å². The third-order valence-corrected chi connectivity index (χ3v) is 3.15. The molecule has 0 aliphatic heterocycles. The highest BCUT2D eigenvalue weighted by Gasteiger charge is 2.16. The van der Waals surface area contributed by atoms with E-state index < -0.39 is 5.91 Å². The maximum Gasteiger partial charge on any atom is 0.266 e. The maximum absolute atomic E-state index is 11.9. The minimum atomic E-state index is -0.509. The van der Waals surface area contributed by atoms with E-state index in [0.29, 0.717) is 16.1 Å². The van der Waals surface area contributed by atoms with Gasteiger partial charge in [0.15, 0.2) is 6.61 Å². The van der Waals surface area contributed by atoms with Crippen LogP contribution < -0.4 is 15.5 Å². The first kappa shape index (κ1) is 19.4. The van der Waals surface area contributed by atoms with E-state index in [1.807, 2.05) is 12.1 Å². The quantitative estimate of drug-likeness (QED) is 0.301. The lowest BCUT2D eigenvalue weighted by Gasteiger charge is -2.21. The summed E-state index contributed by atoms with van der Waals surface area (Å²) >= 11 is 2.11. The molecule has 0 bridgehead atoms. The Labute approximate surface area is 149 Å². The third kappa shape index (κ3) is 7.00. The molecule has 0 aliphatic rings. The lowest BCUT2D eigenvalue weighted by molar-refractivity contribution is -0.133. The van der Waals surface area contributed by atoms with Crippen molar-refractivity contribution in [2.24, 2.45) is 0 Å². The van der Waals surface area contributed by atoms with Crippen LogP contribution in [0.3, 0.4) is 0 Å². The van der Waals surface area contributed by atoms with Crippen LogP contribution in [-0.4, -0.2) is 23.0 Å². The summed E-state index contributed by atoms with van der Waals surface area (Å²) in [6.07, 6.45) is 1.05. The number of carbonyl (C=O) groups excluding carboxylic acids is 2. The molecule has 0 heterocycles. The topological polar surface area (TPSA) is 76.7 Å². The average molecular weight is 432 g/mol. The fraction of sp³-hybridized carbons (Fsp3) is 0.375. The maximum atomic E-state index is 11.9.